The van der Waals surface area contributed by atoms with Crippen molar-refractivity contribution in [1.29, 1.82) is 0 Å². The summed E-state index contributed by atoms with van der Waals surface area (Å²) in [7, 11) is 0. The fraction of sp³-hybridized carbons (Fsp3) is 0.0238. The summed E-state index contributed by atoms with van der Waals surface area (Å²) in [4.78, 5) is 5.05. The summed E-state index contributed by atoms with van der Waals surface area (Å²) in [6, 6.07) is 48.0. The van der Waals surface area contributed by atoms with Crippen molar-refractivity contribution in [2.75, 3.05) is 0 Å². The third-order valence-corrected chi connectivity index (χ3v) is 9.71. The van der Waals surface area contributed by atoms with E-state index in [1.807, 2.05) is 54.6 Å². The number of nitrogens with two attached hydrogens (primary N) is 1. The number of hydrogen-bond acceptors (Lipinski definition) is 2. The van der Waals surface area contributed by atoms with Crippen molar-refractivity contribution in [2.24, 2.45) is 10.7 Å². The van der Waals surface area contributed by atoms with Crippen LogP contribution in [0.2, 0.25) is 10.0 Å². The predicted molar refractivity (Wildman–Crippen MR) is 205 cm³/mol. The molecule has 0 aliphatic carbocycles. The van der Waals surface area contributed by atoms with Crippen molar-refractivity contribution in [3.05, 3.63) is 167 Å². The zero-order chi connectivity index (χ0) is 32.4. The summed E-state index contributed by atoms with van der Waals surface area (Å²) in [6.45, 7) is 0.439. The largest absolute Gasteiger partial charge is 0.385 e. The van der Waals surface area contributed by atoms with Gasteiger partial charge in [-0.25, -0.2) is 0 Å². The van der Waals surface area contributed by atoms with Crippen molar-refractivity contribution in [2.45, 2.75) is 6.54 Å². The lowest BCUT2D eigenvalue weighted by Gasteiger charge is -2.11. The summed E-state index contributed by atoms with van der Waals surface area (Å²) in [5.74, 6) is 0.559. The van der Waals surface area contributed by atoms with Crippen LogP contribution < -0.4 is 5.73 Å². The molecular weight excluding hydrogens is 631 g/mol. The average Bonchev–Trinajstić information content (AvgIpc) is 3.67. The maximum atomic E-state index is 7.19. The Bertz CT molecular complexity index is 2800. The van der Waals surface area contributed by atoms with Crippen molar-refractivity contribution in [1.82, 2.24) is 8.97 Å². The Balaban J connectivity index is 1.34. The standard InChI is InChI=1S/C42H28Cl2N4/c43-28-11-7-9-26(21-28)25-46-36(27-10-8-12-29(44)22-27)24-41(45)48-38-18-6-4-16-33(38)34-19-20-39-35(42(34)48)23-40-32-15-2-1-13-30(32)31-14-3-5-17-37(31)47(39)40/h1-24H,25,45H2/b41-24+,46-36?. The Morgan fingerprint density at radius 2 is 1.19 bits per heavy atom. The van der Waals surface area contributed by atoms with Gasteiger partial charge in [-0.1, -0.05) is 114 Å². The molecule has 6 heteroatoms. The Kier molecular flexibility index (Phi) is 6.75. The van der Waals surface area contributed by atoms with Gasteiger partial charge in [0, 0.05) is 48.6 Å². The number of pyridine rings is 1. The molecule has 0 unspecified atom stereocenters. The van der Waals surface area contributed by atoms with Crippen LogP contribution in [-0.2, 0) is 6.54 Å². The second-order valence-corrected chi connectivity index (χ2v) is 13.0. The summed E-state index contributed by atoms with van der Waals surface area (Å²) < 4.78 is 4.56. The fourth-order valence-corrected chi connectivity index (χ4v) is 7.59. The van der Waals surface area contributed by atoms with Gasteiger partial charge in [0.1, 0.15) is 5.82 Å². The zero-order valence-electron chi connectivity index (χ0n) is 25.7. The first-order valence-corrected chi connectivity index (χ1v) is 16.6. The van der Waals surface area contributed by atoms with Crippen LogP contribution in [0, 0.1) is 0 Å². The molecule has 2 N–H and O–H groups in total. The SMILES string of the molecule is N/C(=C\C(=NCc1cccc(Cl)c1)c1cccc(Cl)c1)n1c2ccccc2c2ccc3c(cc4c5ccccc5c5ccccc5n43)c21. The third-order valence-electron chi connectivity index (χ3n) is 9.24. The van der Waals surface area contributed by atoms with Crippen LogP contribution >= 0.6 is 23.2 Å². The molecule has 4 nitrogen and oxygen atoms in total. The lowest BCUT2D eigenvalue weighted by atomic mass is 10.1. The van der Waals surface area contributed by atoms with E-state index in [1.165, 1.54) is 21.7 Å². The summed E-state index contributed by atoms with van der Waals surface area (Å²) in [5, 5.41) is 8.38. The monoisotopic (exact) mass is 658 g/mol. The average molecular weight is 660 g/mol. The highest BCUT2D eigenvalue weighted by molar-refractivity contribution is 6.31. The van der Waals surface area contributed by atoms with E-state index in [2.05, 4.69) is 100.0 Å². The highest BCUT2D eigenvalue weighted by atomic mass is 35.5. The van der Waals surface area contributed by atoms with Crippen molar-refractivity contribution in [3.63, 3.8) is 0 Å². The number of halogens is 2. The van der Waals surface area contributed by atoms with Gasteiger partial charge in [-0.15, -0.1) is 0 Å². The molecule has 0 bridgehead atoms. The van der Waals surface area contributed by atoms with Crippen molar-refractivity contribution >= 4 is 94.6 Å². The van der Waals surface area contributed by atoms with Gasteiger partial charge in [0.2, 0.25) is 0 Å². The number of benzene rings is 6. The molecule has 0 aliphatic rings. The normalized spacial score (nSPS) is 12.8. The quantitative estimate of drug-likeness (QED) is 0.145. The number of allylic oxidation sites excluding steroid dienone is 1. The lowest BCUT2D eigenvalue weighted by Crippen LogP contribution is -2.10. The minimum absolute atomic E-state index is 0.439. The molecule has 9 aromatic rings. The fourth-order valence-electron chi connectivity index (χ4n) is 7.19. The third kappa shape index (κ3) is 4.56. The molecule has 0 saturated heterocycles. The van der Waals surface area contributed by atoms with Crippen LogP contribution in [-0.4, -0.2) is 14.7 Å². The molecule has 0 fully saturated rings. The Morgan fingerprint density at radius 1 is 0.562 bits per heavy atom. The van der Waals surface area contributed by atoms with E-state index < -0.39 is 0 Å². The second kappa shape index (κ2) is 11.3. The number of aliphatic imine (C=N–C) groups is 1. The summed E-state index contributed by atoms with van der Waals surface area (Å²) in [5.41, 5.74) is 15.3. The van der Waals surface area contributed by atoms with Gasteiger partial charge in [-0.05, 0) is 59.5 Å². The highest BCUT2D eigenvalue weighted by Gasteiger charge is 2.19. The molecule has 9 rings (SSSR count). The summed E-state index contributed by atoms with van der Waals surface area (Å²) in [6.07, 6.45) is 1.96. The van der Waals surface area contributed by atoms with Gasteiger partial charge in [-0.3, -0.25) is 9.56 Å². The molecule has 0 aliphatic heterocycles. The molecule has 3 aromatic heterocycles. The zero-order valence-corrected chi connectivity index (χ0v) is 27.3. The lowest BCUT2D eigenvalue weighted by molar-refractivity contribution is 1.07. The first-order chi connectivity index (χ1) is 23.5. The van der Waals surface area contributed by atoms with E-state index >= 15 is 0 Å². The molecule has 0 radical (unpaired) electrons. The molecule has 0 saturated carbocycles. The van der Waals surface area contributed by atoms with Crippen molar-refractivity contribution in [3.8, 4) is 0 Å². The minimum atomic E-state index is 0.439. The van der Waals surface area contributed by atoms with E-state index in [1.54, 1.807) is 0 Å². The molecule has 0 spiro atoms. The second-order valence-electron chi connectivity index (χ2n) is 12.1. The Hall–Kier alpha value is -5.55. The van der Waals surface area contributed by atoms with Crippen LogP contribution in [0.1, 0.15) is 11.1 Å². The maximum absolute atomic E-state index is 7.19. The molecule has 0 atom stereocenters. The smallest absolute Gasteiger partial charge is 0.110 e. The van der Waals surface area contributed by atoms with Crippen LogP contribution in [0.15, 0.2) is 151 Å². The van der Waals surface area contributed by atoms with Gasteiger partial charge >= 0.3 is 0 Å². The number of para-hydroxylation sites is 2. The van der Waals surface area contributed by atoms with Gasteiger partial charge < -0.3 is 10.1 Å². The van der Waals surface area contributed by atoms with E-state index in [0.29, 0.717) is 22.4 Å². The van der Waals surface area contributed by atoms with Gasteiger partial charge in [0.15, 0.2) is 0 Å². The molecule has 3 heterocycles. The first kappa shape index (κ1) is 28.7. The molecule has 48 heavy (non-hydrogen) atoms. The van der Waals surface area contributed by atoms with Gasteiger partial charge in [0.25, 0.3) is 0 Å². The van der Waals surface area contributed by atoms with Crippen LogP contribution in [0.3, 0.4) is 0 Å². The molecule has 230 valence electrons. The van der Waals surface area contributed by atoms with E-state index in [4.69, 9.17) is 33.9 Å². The van der Waals surface area contributed by atoms with Crippen molar-refractivity contribution < 1.29 is 0 Å². The topological polar surface area (TPSA) is 47.7 Å². The first-order valence-electron chi connectivity index (χ1n) is 15.8. The van der Waals surface area contributed by atoms with Crippen LogP contribution in [0.25, 0.3) is 65.7 Å². The summed E-state index contributed by atoms with van der Waals surface area (Å²) >= 11 is 12.8. The number of fused-ring (bicyclic) bond motifs is 12. The maximum Gasteiger partial charge on any atom is 0.110 e. The van der Waals surface area contributed by atoms with E-state index in [-0.39, 0.29) is 0 Å². The van der Waals surface area contributed by atoms with Crippen LogP contribution in [0.5, 0.6) is 0 Å². The Morgan fingerprint density at radius 3 is 1.94 bits per heavy atom. The van der Waals surface area contributed by atoms with Gasteiger partial charge in [-0.2, -0.15) is 0 Å². The van der Waals surface area contributed by atoms with Gasteiger partial charge in [0.05, 0.1) is 39.8 Å². The highest BCUT2D eigenvalue weighted by Crippen LogP contribution is 2.40. The Labute approximate surface area is 286 Å². The molecule has 6 aromatic carbocycles. The van der Waals surface area contributed by atoms with Crippen LogP contribution in [0.4, 0.5) is 0 Å². The van der Waals surface area contributed by atoms with E-state index in [0.717, 1.165) is 55.1 Å². The number of hydrogen-bond donors (Lipinski definition) is 1. The van der Waals surface area contributed by atoms with E-state index in [9.17, 15) is 0 Å². The molecule has 0 amide bonds. The minimum Gasteiger partial charge on any atom is -0.385 e. The number of aromatic nitrogens is 2. The number of nitrogens with zero attached hydrogens (tertiary/aromatic N) is 3. The number of rotatable bonds is 5. The predicted octanol–water partition coefficient (Wildman–Crippen LogP) is 11.3. The molecular formula is C42H28Cl2N4.